The fourth-order valence-electron chi connectivity index (χ4n) is 3.10. The summed E-state index contributed by atoms with van der Waals surface area (Å²) in [6.07, 6.45) is 0. The fourth-order valence-corrected chi connectivity index (χ4v) is 3.10. The van der Waals surface area contributed by atoms with E-state index in [9.17, 15) is 5.11 Å². The van der Waals surface area contributed by atoms with Crippen molar-refractivity contribution in [3.05, 3.63) is 95.6 Å². The molecule has 4 nitrogen and oxygen atoms in total. The summed E-state index contributed by atoms with van der Waals surface area (Å²) in [6.45, 7) is 2.86. The summed E-state index contributed by atoms with van der Waals surface area (Å²) in [5.41, 5.74) is 3.70. The van der Waals surface area contributed by atoms with E-state index in [4.69, 9.17) is 4.74 Å². The molecule has 0 fully saturated rings. The van der Waals surface area contributed by atoms with Crippen molar-refractivity contribution in [3.63, 3.8) is 0 Å². The second kappa shape index (κ2) is 8.01. The summed E-state index contributed by atoms with van der Waals surface area (Å²) in [5.74, 6) is 1.91. The molecule has 1 heterocycles. The van der Waals surface area contributed by atoms with Crippen LogP contribution in [0.3, 0.4) is 0 Å². The summed E-state index contributed by atoms with van der Waals surface area (Å²) in [6, 6.07) is 25.7. The predicted molar refractivity (Wildman–Crippen MR) is 113 cm³/mol. The van der Waals surface area contributed by atoms with Crippen LogP contribution >= 0.6 is 0 Å². The molecule has 1 aromatic heterocycles. The highest BCUT2D eigenvalue weighted by atomic mass is 16.5. The third kappa shape index (κ3) is 4.07. The van der Waals surface area contributed by atoms with Crippen LogP contribution in [0, 0.1) is 6.92 Å². The second-order valence-electron chi connectivity index (χ2n) is 6.76. The number of phenolic OH excluding ortho intramolecular Hbond substituents is 1. The van der Waals surface area contributed by atoms with Gasteiger partial charge in [0.2, 0.25) is 0 Å². The SMILES string of the molecule is Cc1cccc(COc2cccc(CNc3ccc4ccccc4n3)c2)c1O. The predicted octanol–water partition coefficient (Wildman–Crippen LogP) is 5.44. The van der Waals surface area contributed by atoms with Gasteiger partial charge in [0.25, 0.3) is 0 Å². The largest absolute Gasteiger partial charge is 0.507 e. The first kappa shape index (κ1) is 17.9. The molecule has 2 N–H and O–H groups in total. The lowest BCUT2D eigenvalue weighted by Gasteiger charge is -2.11. The smallest absolute Gasteiger partial charge is 0.126 e. The molecule has 0 spiro atoms. The molecule has 3 aromatic carbocycles. The Kier molecular flexibility index (Phi) is 5.11. The monoisotopic (exact) mass is 370 g/mol. The Labute approximate surface area is 164 Å². The van der Waals surface area contributed by atoms with Gasteiger partial charge in [0, 0.05) is 17.5 Å². The lowest BCUT2D eigenvalue weighted by atomic mass is 10.1. The average molecular weight is 370 g/mol. The molecule has 0 aliphatic heterocycles. The Morgan fingerprint density at radius 1 is 0.929 bits per heavy atom. The number of nitrogens with zero attached hydrogens (tertiary/aromatic N) is 1. The number of ether oxygens (including phenoxy) is 1. The number of para-hydroxylation sites is 2. The van der Waals surface area contributed by atoms with Gasteiger partial charge in [-0.2, -0.15) is 0 Å². The van der Waals surface area contributed by atoms with E-state index in [-0.39, 0.29) is 0 Å². The van der Waals surface area contributed by atoms with Crippen molar-refractivity contribution >= 4 is 16.7 Å². The van der Waals surface area contributed by atoms with Crippen molar-refractivity contribution in [2.45, 2.75) is 20.1 Å². The van der Waals surface area contributed by atoms with Crippen molar-refractivity contribution < 1.29 is 9.84 Å². The van der Waals surface area contributed by atoms with Gasteiger partial charge < -0.3 is 15.2 Å². The van der Waals surface area contributed by atoms with Crippen LogP contribution < -0.4 is 10.1 Å². The van der Waals surface area contributed by atoms with E-state index in [0.717, 1.165) is 39.2 Å². The van der Waals surface area contributed by atoms with Crippen LogP contribution in [0.25, 0.3) is 10.9 Å². The molecule has 0 saturated heterocycles. The molecule has 0 atom stereocenters. The van der Waals surface area contributed by atoms with Crippen molar-refractivity contribution in [1.82, 2.24) is 4.98 Å². The Hall–Kier alpha value is -3.53. The first-order valence-corrected chi connectivity index (χ1v) is 9.28. The summed E-state index contributed by atoms with van der Waals surface area (Å²) >= 11 is 0. The topological polar surface area (TPSA) is 54.4 Å². The maximum atomic E-state index is 10.1. The Morgan fingerprint density at radius 3 is 2.71 bits per heavy atom. The first-order valence-electron chi connectivity index (χ1n) is 9.28. The zero-order chi connectivity index (χ0) is 19.3. The lowest BCUT2D eigenvalue weighted by Crippen LogP contribution is -2.02. The van der Waals surface area contributed by atoms with E-state index in [0.29, 0.717) is 18.9 Å². The normalized spacial score (nSPS) is 10.8. The number of pyridine rings is 1. The van der Waals surface area contributed by atoms with Gasteiger partial charge in [0.05, 0.1) is 5.52 Å². The zero-order valence-electron chi connectivity index (χ0n) is 15.7. The Bertz CT molecular complexity index is 1110. The number of phenols is 1. The molecule has 0 aliphatic carbocycles. The van der Waals surface area contributed by atoms with Crippen molar-refractivity contribution in [3.8, 4) is 11.5 Å². The van der Waals surface area contributed by atoms with Crippen LogP contribution in [0.2, 0.25) is 0 Å². The number of aromatic hydroxyl groups is 1. The third-order valence-corrected chi connectivity index (χ3v) is 4.69. The molecule has 4 aromatic rings. The van der Waals surface area contributed by atoms with Gasteiger partial charge in [-0.3, -0.25) is 0 Å². The number of fused-ring (bicyclic) bond motifs is 1. The van der Waals surface area contributed by atoms with E-state index in [1.165, 1.54) is 0 Å². The minimum absolute atomic E-state index is 0.294. The van der Waals surface area contributed by atoms with E-state index < -0.39 is 0 Å². The first-order chi connectivity index (χ1) is 13.7. The van der Waals surface area contributed by atoms with Gasteiger partial charge in [-0.05, 0) is 48.4 Å². The molecule has 4 rings (SSSR count). The fraction of sp³-hybridized carbons (Fsp3) is 0.125. The molecule has 28 heavy (non-hydrogen) atoms. The summed E-state index contributed by atoms with van der Waals surface area (Å²) in [7, 11) is 0. The van der Waals surface area contributed by atoms with E-state index >= 15 is 0 Å². The number of benzene rings is 3. The molecule has 4 heteroatoms. The summed E-state index contributed by atoms with van der Waals surface area (Å²) in [4.78, 5) is 4.64. The maximum Gasteiger partial charge on any atom is 0.126 e. The second-order valence-corrected chi connectivity index (χ2v) is 6.76. The van der Waals surface area contributed by atoms with Crippen LogP contribution in [0.5, 0.6) is 11.5 Å². The van der Waals surface area contributed by atoms with Crippen LogP contribution in [-0.2, 0) is 13.2 Å². The third-order valence-electron chi connectivity index (χ3n) is 4.69. The van der Waals surface area contributed by atoms with Crippen LogP contribution in [0.1, 0.15) is 16.7 Å². The van der Waals surface area contributed by atoms with E-state index in [2.05, 4.69) is 22.4 Å². The van der Waals surface area contributed by atoms with E-state index in [1.807, 2.05) is 73.7 Å². The van der Waals surface area contributed by atoms with Gasteiger partial charge in [-0.15, -0.1) is 0 Å². The Morgan fingerprint density at radius 2 is 1.79 bits per heavy atom. The molecule has 140 valence electrons. The number of aryl methyl sites for hydroxylation is 1. The van der Waals surface area contributed by atoms with Crippen LogP contribution in [0.15, 0.2) is 78.9 Å². The number of anilines is 1. The van der Waals surface area contributed by atoms with Gasteiger partial charge >= 0.3 is 0 Å². The quantitative estimate of drug-likeness (QED) is 0.474. The zero-order valence-corrected chi connectivity index (χ0v) is 15.7. The van der Waals surface area contributed by atoms with E-state index in [1.54, 1.807) is 0 Å². The average Bonchev–Trinajstić information content (AvgIpc) is 2.73. The standard InChI is InChI=1S/C24H22N2O2/c1-17-6-4-9-20(24(17)27)16-28-21-10-5-7-18(14-21)15-25-23-13-12-19-8-2-3-11-22(19)26-23/h2-14,27H,15-16H2,1H3,(H,25,26). The van der Waals surface area contributed by atoms with Crippen molar-refractivity contribution in [2.75, 3.05) is 5.32 Å². The maximum absolute atomic E-state index is 10.1. The minimum Gasteiger partial charge on any atom is -0.507 e. The molecular weight excluding hydrogens is 348 g/mol. The molecule has 0 unspecified atom stereocenters. The molecule has 0 saturated carbocycles. The molecule has 0 radical (unpaired) electrons. The highest BCUT2D eigenvalue weighted by molar-refractivity contribution is 5.80. The molecule has 0 aliphatic rings. The number of aromatic nitrogens is 1. The van der Waals surface area contributed by atoms with Crippen LogP contribution in [-0.4, -0.2) is 10.1 Å². The van der Waals surface area contributed by atoms with Crippen molar-refractivity contribution in [1.29, 1.82) is 0 Å². The number of nitrogens with one attached hydrogen (secondary N) is 1. The van der Waals surface area contributed by atoms with Gasteiger partial charge in [0.1, 0.15) is 23.9 Å². The number of hydrogen-bond acceptors (Lipinski definition) is 4. The molecule has 0 bridgehead atoms. The van der Waals surface area contributed by atoms with Gasteiger partial charge in [0.15, 0.2) is 0 Å². The number of hydrogen-bond donors (Lipinski definition) is 2. The Balaban J connectivity index is 1.41. The number of rotatable bonds is 6. The minimum atomic E-state index is 0.294. The van der Waals surface area contributed by atoms with Gasteiger partial charge in [-0.25, -0.2) is 4.98 Å². The van der Waals surface area contributed by atoms with Crippen LogP contribution in [0.4, 0.5) is 5.82 Å². The highest BCUT2D eigenvalue weighted by Crippen LogP contribution is 2.24. The highest BCUT2D eigenvalue weighted by Gasteiger charge is 2.05. The summed E-state index contributed by atoms with van der Waals surface area (Å²) in [5, 5.41) is 14.6. The molecule has 0 amide bonds. The van der Waals surface area contributed by atoms with Gasteiger partial charge in [-0.1, -0.05) is 48.5 Å². The lowest BCUT2D eigenvalue weighted by molar-refractivity contribution is 0.298. The van der Waals surface area contributed by atoms with Crippen molar-refractivity contribution in [2.24, 2.45) is 0 Å². The summed E-state index contributed by atoms with van der Waals surface area (Å²) < 4.78 is 5.87. The molecular formula is C24H22N2O2.